The van der Waals surface area contributed by atoms with Gasteiger partial charge in [-0.15, -0.1) is 0 Å². The molecule has 1 N–H and O–H groups in total. The molecule has 0 aliphatic carbocycles. The van der Waals surface area contributed by atoms with Crippen LogP contribution in [0, 0.1) is 0 Å². The first-order valence-electron chi connectivity index (χ1n) is 6.73. The Hall–Kier alpha value is -1.52. The van der Waals surface area contributed by atoms with Crippen molar-refractivity contribution in [2.24, 2.45) is 0 Å². The number of ether oxygens (including phenoxy) is 3. The molecular weight excluding hydrogens is 242 g/mol. The number of rotatable bonds is 2. The minimum Gasteiger partial charge on any atom is -0.486 e. The maximum atomic E-state index is 5.57. The lowest BCUT2D eigenvalue weighted by Crippen LogP contribution is -2.46. The van der Waals surface area contributed by atoms with Crippen LogP contribution in [-0.4, -0.2) is 38.5 Å². The van der Waals surface area contributed by atoms with E-state index in [4.69, 9.17) is 14.2 Å². The zero-order valence-electron chi connectivity index (χ0n) is 11.1. The van der Waals surface area contributed by atoms with Gasteiger partial charge in [-0.2, -0.15) is 0 Å². The van der Waals surface area contributed by atoms with Gasteiger partial charge in [-0.25, -0.2) is 0 Å². The minimum absolute atomic E-state index is 0.275. The number of nitrogens with one attached hydrogen (secondary N) is 1. The second kappa shape index (κ2) is 5.63. The SMILES string of the molecule is CC1COCC(/C=C/c2ccc3c(c2)OCCO3)N1. The van der Waals surface area contributed by atoms with Crippen LogP contribution in [0.2, 0.25) is 0 Å². The van der Waals surface area contributed by atoms with Gasteiger partial charge in [0.05, 0.1) is 13.2 Å². The number of morpholine rings is 1. The molecule has 1 aromatic rings. The highest BCUT2D eigenvalue weighted by molar-refractivity contribution is 5.56. The van der Waals surface area contributed by atoms with E-state index < -0.39 is 0 Å². The molecule has 1 saturated heterocycles. The molecule has 4 nitrogen and oxygen atoms in total. The smallest absolute Gasteiger partial charge is 0.161 e. The normalized spacial score (nSPS) is 26.6. The van der Waals surface area contributed by atoms with E-state index in [2.05, 4.69) is 24.4 Å². The molecule has 2 unspecified atom stereocenters. The van der Waals surface area contributed by atoms with Crippen molar-refractivity contribution in [1.29, 1.82) is 0 Å². The molecule has 2 aliphatic heterocycles. The predicted octanol–water partition coefficient (Wildman–Crippen LogP) is 1.85. The largest absolute Gasteiger partial charge is 0.486 e. The summed E-state index contributed by atoms with van der Waals surface area (Å²) in [5, 5.41) is 3.48. The lowest BCUT2D eigenvalue weighted by Gasteiger charge is -2.26. The highest BCUT2D eigenvalue weighted by Gasteiger charge is 2.15. The minimum atomic E-state index is 0.275. The van der Waals surface area contributed by atoms with Crippen LogP contribution in [0.3, 0.4) is 0 Å². The lowest BCUT2D eigenvalue weighted by molar-refractivity contribution is 0.0637. The Balaban J connectivity index is 1.69. The maximum absolute atomic E-state index is 5.57. The van der Waals surface area contributed by atoms with E-state index in [-0.39, 0.29) is 6.04 Å². The third-order valence-electron chi connectivity index (χ3n) is 3.25. The summed E-state index contributed by atoms with van der Waals surface area (Å²) in [4.78, 5) is 0. The van der Waals surface area contributed by atoms with Crippen LogP contribution in [-0.2, 0) is 4.74 Å². The third-order valence-corrected chi connectivity index (χ3v) is 3.25. The van der Waals surface area contributed by atoms with Gasteiger partial charge in [0.1, 0.15) is 13.2 Å². The summed E-state index contributed by atoms with van der Waals surface area (Å²) < 4.78 is 16.6. The topological polar surface area (TPSA) is 39.7 Å². The van der Waals surface area contributed by atoms with Gasteiger partial charge in [-0.05, 0) is 24.6 Å². The van der Waals surface area contributed by atoms with Gasteiger partial charge >= 0.3 is 0 Å². The Labute approximate surface area is 113 Å². The Morgan fingerprint density at radius 2 is 2.00 bits per heavy atom. The van der Waals surface area contributed by atoms with E-state index in [9.17, 15) is 0 Å². The van der Waals surface area contributed by atoms with Crippen molar-refractivity contribution in [3.05, 3.63) is 29.8 Å². The first-order chi connectivity index (χ1) is 9.31. The summed E-state index contributed by atoms with van der Waals surface area (Å²) in [5.41, 5.74) is 1.12. The van der Waals surface area contributed by atoms with Crippen molar-refractivity contribution < 1.29 is 14.2 Å². The number of fused-ring (bicyclic) bond motifs is 1. The second-order valence-electron chi connectivity index (χ2n) is 4.97. The third kappa shape index (κ3) is 3.08. The van der Waals surface area contributed by atoms with E-state index >= 15 is 0 Å². The van der Waals surface area contributed by atoms with Crippen LogP contribution < -0.4 is 14.8 Å². The van der Waals surface area contributed by atoms with Crippen molar-refractivity contribution in [3.63, 3.8) is 0 Å². The molecule has 0 aromatic heterocycles. The highest BCUT2D eigenvalue weighted by Crippen LogP contribution is 2.31. The lowest BCUT2D eigenvalue weighted by atomic mass is 10.1. The molecule has 0 amide bonds. The Bertz CT molecular complexity index is 472. The van der Waals surface area contributed by atoms with Crippen molar-refractivity contribution in [3.8, 4) is 11.5 Å². The second-order valence-corrected chi connectivity index (χ2v) is 4.97. The van der Waals surface area contributed by atoms with Gasteiger partial charge in [0, 0.05) is 12.1 Å². The van der Waals surface area contributed by atoms with E-state index in [0.717, 1.165) is 30.3 Å². The maximum Gasteiger partial charge on any atom is 0.161 e. The molecule has 19 heavy (non-hydrogen) atoms. The molecule has 0 radical (unpaired) electrons. The summed E-state index contributed by atoms with van der Waals surface area (Å²) in [6.45, 7) is 4.89. The Morgan fingerprint density at radius 1 is 1.16 bits per heavy atom. The average Bonchev–Trinajstić information content (AvgIpc) is 2.45. The number of hydrogen-bond donors (Lipinski definition) is 1. The first-order valence-corrected chi connectivity index (χ1v) is 6.73. The molecule has 0 saturated carbocycles. The molecule has 4 heteroatoms. The number of benzene rings is 1. The molecule has 2 heterocycles. The van der Waals surface area contributed by atoms with E-state index in [1.54, 1.807) is 0 Å². The molecule has 3 rings (SSSR count). The summed E-state index contributed by atoms with van der Waals surface area (Å²) in [6.07, 6.45) is 4.23. The van der Waals surface area contributed by atoms with Gasteiger partial charge < -0.3 is 19.5 Å². The molecule has 2 atom stereocenters. The molecule has 1 aromatic carbocycles. The van der Waals surface area contributed by atoms with Crippen molar-refractivity contribution >= 4 is 6.08 Å². The van der Waals surface area contributed by atoms with Crippen LogP contribution >= 0.6 is 0 Å². The monoisotopic (exact) mass is 261 g/mol. The fourth-order valence-corrected chi connectivity index (χ4v) is 2.34. The van der Waals surface area contributed by atoms with Gasteiger partial charge in [0.25, 0.3) is 0 Å². The summed E-state index contributed by atoms with van der Waals surface area (Å²) >= 11 is 0. The van der Waals surface area contributed by atoms with E-state index in [0.29, 0.717) is 19.3 Å². The van der Waals surface area contributed by atoms with Crippen molar-refractivity contribution in [2.45, 2.75) is 19.0 Å². The van der Waals surface area contributed by atoms with Gasteiger partial charge in [0.15, 0.2) is 11.5 Å². The van der Waals surface area contributed by atoms with Crippen molar-refractivity contribution in [1.82, 2.24) is 5.32 Å². The van der Waals surface area contributed by atoms with Crippen molar-refractivity contribution in [2.75, 3.05) is 26.4 Å². The summed E-state index contributed by atoms with van der Waals surface area (Å²) in [7, 11) is 0. The zero-order valence-corrected chi connectivity index (χ0v) is 11.1. The van der Waals surface area contributed by atoms with Crippen LogP contribution in [0.1, 0.15) is 12.5 Å². The van der Waals surface area contributed by atoms with Gasteiger partial charge in [0.2, 0.25) is 0 Å². The molecule has 1 fully saturated rings. The fourth-order valence-electron chi connectivity index (χ4n) is 2.34. The van der Waals surface area contributed by atoms with Crippen LogP contribution in [0.5, 0.6) is 11.5 Å². The molecule has 2 aliphatic rings. The van der Waals surface area contributed by atoms with E-state index in [1.807, 2.05) is 18.2 Å². The van der Waals surface area contributed by atoms with E-state index in [1.165, 1.54) is 0 Å². The fraction of sp³-hybridized carbons (Fsp3) is 0.467. The van der Waals surface area contributed by atoms with Gasteiger partial charge in [-0.1, -0.05) is 18.2 Å². The van der Waals surface area contributed by atoms with Gasteiger partial charge in [-0.3, -0.25) is 0 Å². The zero-order chi connectivity index (χ0) is 13.1. The summed E-state index contributed by atoms with van der Waals surface area (Å²) in [5.74, 6) is 1.66. The summed E-state index contributed by atoms with van der Waals surface area (Å²) in [6, 6.07) is 6.69. The predicted molar refractivity (Wildman–Crippen MR) is 73.7 cm³/mol. The highest BCUT2D eigenvalue weighted by atomic mass is 16.6. The average molecular weight is 261 g/mol. The van der Waals surface area contributed by atoms with Crippen LogP contribution in [0.15, 0.2) is 24.3 Å². The Morgan fingerprint density at radius 3 is 2.84 bits per heavy atom. The standard InChI is InChI=1S/C15H19NO3/c1-11-9-17-10-13(16-11)4-2-12-3-5-14-15(8-12)19-7-6-18-14/h2-5,8,11,13,16H,6-7,9-10H2,1H3/b4-2+. The quantitative estimate of drug-likeness (QED) is 0.882. The molecule has 102 valence electrons. The first kappa shape index (κ1) is 12.5. The molecule has 0 spiro atoms. The Kier molecular flexibility index (Phi) is 3.71. The van der Waals surface area contributed by atoms with Crippen LogP contribution in [0.25, 0.3) is 6.08 Å². The van der Waals surface area contributed by atoms with Crippen LogP contribution in [0.4, 0.5) is 0 Å². The number of hydrogen-bond acceptors (Lipinski definition) is 4. The molecular formula is C15H19NO3. The molecule has 0 bridgehead atoms.